The maximum atomic E-state index is 12.3. The van der Waals surface area contributed by atoms with Crippen molar-refractivity contribution in [1.29, 1.82) is 0 Å². The predicted molar refractivity (Wildman–Crippen MR) is 77.4 cm³/mol. The molecule has 1 aliphatic heterocycles. The molecule has 1 saturated carbocycles. The molecule has 5 nitrogen and oxygen atoms in total. The highest BCUT2D eigenvalue weighted by molar-refractivity contribution is 7.89. The van der Waals surface area contributed by atoms with Gasteiger partial charge in [0.1, 0.15) is 0 Å². The number of fused-ring (bicyclic) bond motifs is 1. The van der Waals surface area contributed by atoms with E-state index in [0.29, 0.717) is 11.4 Å². The van der Waals surface area contributed by atoms with Gasteiger partial charge in [-0.3, -0.25) is 0 Å². The van der Waals surface area contributed by atoms with Crippen molar-refractivity contribution in [2.75, 3.05) is 25.5 Å². The van der Waals surface area contributed by atoms with E-state index >= 15 is 0 Å². The molecule has 1 aromatic carbocycles. The fourth-order valence-corrected chi connectivity index (χ4v) is 3.95. The van der Waals surface area contributed by atoms with E-state index in [2.05, 4.69) is 10.0 Å². The van der Waals surface area contributed by atoms with E-state index in [1.165, 1.54) is 0 Å². The lowest BCUT2D eigenvalue weighted by molar-refractivity contribution is -0.0659. The smallest absolute Gasteiger partial charge is 0.240 e. The fraction of sp³-hybridized carbons (Fsp3) is 0.571. The van der Waals surface area contributed by atoms with Crippen molar-refractivity contribution < 1.29 is 13.2 Å². The van der Waals surface area contributed by atoms with Crippen LogP contribution in [0.5, 0.6) is 0 Å². The topological polar surface area (TPSA) is 67.4 Å². The number of nitrogens with one attached hydrogen (secondary N) is 2. The second kappa shape index (κ2) is 5.02. The van der Waals surface area contributed by atoms with Gasteiger partial charge < -0.3 is 10.1 Å². The lowest BCUT2D eigenvalue weighted by atomic mass is 9.80. The monoisotopic (exact) mass is 296 g/mol. The average Bonchev–Trinajstić information content (AvgIpc) is 2.85. The van der Waals surface area contributed by atoms with E-state index < -0.39 is 10.0 Å². The van der Waals surface area contributed by atoms with Crippen LogP contribution in [0.2, 0.25) is 0 Å². The minimum absolute atomic E-state index is 0.300. The van der Waals surface area contributed by atoms with Gasteiger partial charge in [-0.05, 0) is 49.4 Å². The number of rotatable bonds is 5. The van der Waals surface area contributed by atoms with Crippen molar-refractivity contribution in [3.05, 3.63) is 23.8 Å². The Balaban J connectivity index is 1.75. The van der Waals surface area contributed by atoms with Gasteiger partial charge in [0.2, 0.25) is 10.0 Å². The fourth-order valence-electron chi connectivity index (χ4n) is 2.78. The van der Waals surface area contributed by atoms with E-state index in [-0.39, 0.29) is 5.60 Å². The van der Waals surface area contributed by atoms with Gasteiger partial charge in [-0.25, -0.2) is 13.1 Å². The predicted octanol–water partition coefficient (Wildman–Crippen LogP) is 1.50. The number of hydrogen-bond donors (Lipinski definition) is 2. The Labute approximate surface area is 119 Å². The number of methoxy groups -OCH3 is 1. The first-order valence-corrected chi connectivity index (χ1v) is 8.45. The molecule has 1 aromatic rings. The Morgan fingerprint density at radius 2 is 2.20 bits per heavy atom. The van der Waals surface area contributed by atoms with Gasteiger partial charge in [-0.1, -0.05) is 0 Å². The van der Waals surface area contributed by atoms with Gasteiger partial charge in [0.15, 0.2) is 0 Å². The molecule has 20 heavy (non-hydrogen) atoms. The first kappa shape index (κ1) is 13.9. The number of benzene rings is 1. The second-order valence-electron chi connectivity index (χ2n) is 5.56. The van der Waals surface area contributed by atoms with Crippen LogP contribution < -0.4 is 10.0 Å². The van der Waals surface area contributed by atoms with Crippen molar-refractivity contribution in [1.82, 2.24) is 4.72 Å². The summed E-state index contributed by atoms with van der Waals surface area (Å²) in [7, 11) is -1.81. The first-order chi connectivity index (χ1) is 9.55. The van der Waals surface area contributed by atoms with Crippen LogP contribution in [0.4, 0.5) is 5.69 Å². The van der Waals surface area contributed by atoms with E-state index in [9.17, 15) is 8.42 Å². The van der Waals surface area contributed by atoms with Crippen molar-refractivity contribution in [2.24, 2.45) is 0 Å². The van der Waals surface area contributed by atoms with Gasteiger partial charge in [-0.2, -0.15) is 0 Å². The van der Waals surface area contributed by atoms with Crippen molar-refractivity contribution in [3.8, 4) is 0 Å². The Morgan fingerprint density at radius 1 is 1.40 bits per heavy atom. The van der Waals surface area contributed by atoms with Crippen LogP contribution in [0, 0.1) is 0 Å². The summed E-state index contributed by atoms with van der Waals surface area (Å²) in [5.74, 6) is 0. The second-order valence-corrected chi connectivity index (χ2v) is 7.33. The van der Waals surface area contributed by atoms with Crippen molar-refractivity contribution in [3.63, 3.8) is 0 Å². The highest BCUT2D eigenvalue weighted by Gasteiger charge is 2.38. The third kappa shape index (κ3) is 2.43. The molecule has 0 spiro atoms. The molecule has 2 N–H and O–H groups in total. The number of ether oxygens (including phenoxy) is 1. The molecule has 1 fully saturated rings. The molecule has 2 aliphatic rings. The van der Waals surface area contributed by atoms with Gasteiger partial charge in [0.25, 0.3) is 0 Å². The maximum Gasteiger partial charge on any atom is 0.240 e. The summed E-state index contributed by atoms with van der Waals surface area (Å²) in [4.78, 5) is 0.338. The van der Waals surface area contributed by atoms with Crippen LogP contribution in [-0.2, 0) is 21.2 Å². The average molecular weight is 296 g/mol. The highest BCUT2D eigenvalue weighted by atomic mass is 32.2. The van der Waals surface area contributed by atoms with E-state index in [4.69, 9.17) is 4.74 Å². The number of anilines is 1. The van der Waals surface area contributed by atoms with Crippen LogP contribution in [0.15, 0.2) is 23.1 Å². The SMILES string of the molecule is COC1(CNS(=O)(=O)c2ccc3c(c2)CCN3)CCC1. The van der Waals surface area contributed by atoms with Crippen LogP contribution in [-0.4, -0.2) is 34.2 Å². The number of sulfonamides is 1. The van der Waals surface area contributed by atoms with Crippen molar-refractivity contribution >= 4 is 15.7 Å². The minimum Gasteiger partial charge on any atom is -0.384 e. The molecule has 110 valence electrons. The molecule has 0 amide bonds. The Morgan fingerprint density at radius 3 is 2.85 bits per heavy atom. The minimum atomic E-state index is -3.46. The summed E-state index contributed by atoms with van der Waals surface area (Å²) in [6.45, 7) is 1.22. The third-order valence-corrected chi connectivity index (χ3v) is 5.78. The van der Waals surface area contributed by atoms with Crippen LogP contribution >= 0.6 is 0 Å². The van der Waals surface area contributed by atoms with Gasteiger partial charge in [0, 0.05) is 25.9 Å². The molecule has 1 heterocycles. The molecule has 3 rings (SSSR count). The highest BCUT2D eigenvalue weighted by Crippen LogP contribution is 2.34. The Hall–Kier alpha value is -1.11. The molecule has 0 radical (unpaired) electrons. The molecule has 0 aromatic heterocycles. The third-order valence-electron chi connectivity index (χ3n) is 4.38. The van der Waals surface area contributed by atoms with Crippen molar-refractivity contribution in [2.45, 2.75) is 36.2 Å². The zero-order valence-electron chi connectivity index (χ0n) is 11.6. The normalized spacial score (nSPS) is 20.1. The molecule has 0 saturated heterocycles. The molecule has 0 unspecified atom stereocenters. The molecule has 0 atom stereocenters. The van der Waals surface area contributed by atoms with E-state index in [0.717, 1.165) is 43.5 Å². The standard InChI is InChI=1S/C14H20N2O3S/c1-19-14(6-2-7-14)10-16-20(17,18)12-3-4-13-11(9-12)5-8-15-13/h3-4,9,15-16H,2,5-8,10H2,1H3. The molecule has 0 bridgehead atoms. The molecule has 6 heteroatoms. The van der Waals surface area contributed by atoms with Gasteiger partial charge in [-0.15, -0.1) is 0 Å². The van der Waals surface area contributed by atoms with Gasteiger partial charge >= 0.3 is 0 Å². The van der Waals surface area contributed by atoms with Crippen LogP contribution in [0.3, 0.4) is 0 Å². The zero-order valence-corrected chi connectivity index (χ0v) is 12.4. The summed E-state index contributed by atoms with van der Waals surface area (Å²) in [5, 5.41) is 3.23. The lowest BCUT2D eigenvalue weighted by Crippen LogP contribution is -2.49. The van der Waals surface area contributed by atoms with E-state index in [1.54, 1.807) is 19.2 Å². The Kier molecular flexibility index (Phi) is 3.48. The zero-order chi connectivity index (χ0) is 14.2. The summed E-state index contributed by atoms with van der Waals surface area (Å²) in [6.07, 6.45) is 3.81. The lowest BCUT2D eigenvalue weighted by Gasteiger charge is -2.40. The maximum absolute atomic E-state index is 12.3. The molecular weight excluding hydrogens is 276 g/mol. The first-order valence-electron chi connectivity index (χ1n) is 6.96. The molecular formula is C14H20N2O3S. The summed E-state index contributed by atoms with van der Waals surface area (Å²) < 4.78 is 32.8. The Bertz CT molecular complexity index is 603. The van der Waals surface area contributed by atoms with Crippen LogP contribution in [0.1, 0.15) is 24.8 Å². The summed E-state index contributed by atoms with van der Waals surface area (Å²) in [6, 6.07) is 5.25. The summed E-state index contributed by atoms with van der Waals surface area (Å²) >= 11 is 0. The quantitative estimate of drug-likeness (QED) is 0.864. The van der Waals surface area contributed by atoms with E-state index in [1.807, 2.05) is 6.07 Å². The van der Waals surface area contributed by atoms with Crippen LogP contribution in [0.25, 0.3) is 0 Å². The summed E-state index contributed by atoms with van der Waals surface area (Å²) in [5.41, 5.74) is 1.81. The molecule has 1 aliphatic carbocycles. The van der Waals surface area contributed by atoms with Gasteiger partial charge in [0.05, 0.1) is 10.5 Å². The largest absolute Gasteiger partial charge is 0.384 e. The number of hydrogen-bond acceptors (Lipinski definition) is 4.